The highest BCUT2D eigenvalue weighted by Gasteiger charge is 2.17. The van der Waals surface area contributed by atoms with Crippen molar-refractivity contribution in [2.24, 2.45) is 0 Å². The van der Waals surface area contributed by atoms with Crippen LogP contribution in [-0.2, 0) is 10.2 Å². The molecule has 1 rings (SSSR count). The highest BCUT2D eigenvalue weighted by atomic mass is 16.2. The molecule has 1 heterocycles. The van der Waals surface area contributed by atoms with E-state index < -0.39 is 0 Å². The summed E-state index contributed by atoms with van der Waals surface area (Å²) in [7, 11) is 1.80. The Kier molecular flexibility index (Phi) is 4.92. The largest absolute Gasteiger partial charge is 0.359 e. The molecule has 0 fully saturated rings. The quantitative estimate of drug-likeness (QED) is 0.908. The first-order valence-electron chi connectivity index (χ1n) is 6.73. The van der Waals surface area contributed by atoms with Gasteiger partial charge in [-0.3, -0.25) is 4.79 Å². The van der Waals surface area contributed by atoms with Crippen LogP contribution in [0.3, 0.4) is 0 Å². The first kappa shape index (κ1) is 15.5. The molecule has 106 valence electrons. The number of rotatable bonds is 4. The molecule has 1 aromatic rings. The zero-order valence-corrected chi connectivity index (χ0v) is 12.8. The lowest BCUT2D eigenvalue weighted by Gasteiger charge is -2.22. The van der Waals surface area contributed by atoms with E-state index in [4.69, 9.17) is 0 Å². The van der Waals surface area contributed by atoms with E-state index in [1.165, 1.54) is 5.56 Å². The predicted octanol–water partition coefficient (Wildman–Crippen LogP) is 2.66. The van der Waals surface area contributed by atoms with Crippen LogP contribution in [0.5, 0.6) is 0 Å². The maximum atomic E-state index is 11.9. The molecule has 1 amide bonds. The molecule has 19 heavy (non-hydrogen) atoms. The molecule has 0 aliphatic carbocycles. The van der Waals surface area contributed by atoms with Crippen molar-refractivity contribution in [2.75, 3.05) is 18.9 Å². The van der Waals surface area contributed by atoms with Crippen molar-refractivity contribution < 1.29 is 4.79 Å². The topological polar surface area (TPSA) is 45.2 Å². The number of aromatic nitrogens is 1. The molecule has 0 spiro atoms. The van der Waals surface area contributed by atoms with Crippen molar-refractivity contribution in [1.29, 1.82) is 0 Å². The summed E-state index contributed by atoms with van der Waals surface area (Å²) < 4.78 is 0. The van der Waals surface area contributed by atoms with Crippen molar-refractivity contribution >= 4 is 11.7 Å². The summed E-state index contributed by atoms with van der Waals surface area (Å²) in [6.45, 7) is 11.0. The summed E-state index contributed by atoms with van der Waals surface area (Å²) in [5.74, 6) is 0.808. The average Bonchev–Trinajstić information content (AvgIpc) is 2.36. The second-order valence-electron chi connectivity index (χ2n) is 5.90. The summed E-state index contributed by atoms with van der Waals surface area (Å²) in [6, 6.07) is 3.71. The zero-order valence-electron chi connectivity index (χ0n) is 12.8. The van der Waals surface area contributed by atoms with Crippen LogP contribution in [-0.4, -0.2) is 35.4 Å². The van der Waals surface area contributed by atoms with Crippen LogP contribution in [0.15, 0.2) is 18.3 Å². The minimum Gasteiger partial charge on any atom is -0.359 e. The first-order valence-corrected chi connectivity index (χ1v) is 6.73. The van der Waals surface area contributed by atoms with Gasteiger partial charge in [0.2, 0.25) is 5.91 Å². The van der Waals surface area contributed by atoms with Crippen molar-refractivity contribution in [3.8, 4) is 0 Å². The van der Waals surface area contributed by atoms with Gasteiger partial charge in [-0.1, -0.05) is 26.8 Å². The molecule has 1 N–H and O–H groups in total. The minimum atomic E-state index is -0.266. The highest BCUT2D eigenvalue weighted by molar-refractivity contribution is 5.83. The number of hydrogen-bond donors (Lipinski definition) is 1. The van der Waals surface area contributed by atoms with Gasteiger partial charge in [-0.2, -0.15) is 0 Å². The monoisotopic (exact) mass is 263 g/mol. The van der Waals surface area contributed by atoms with E-state index in [-0.39, 0.29) is 17.4 Å². The Morgan fingerprint density at radius 1 is 1.42 bits per heavy atom. The van der Waals surface area contributed by atoms with Gasteiger partial charge in [0.1, 0.15) is 11.9 Å². The van der Waals surface area contributed by atoms with Crippen LogP contribution >= 0.6 is 0 Å². The van der Waals surface area contributed by atoms with Crippen LogP contribution in [0.2, 0.25) is 0 Å². The summed E-state index contributed by atoms with van der Waals surface area (Å²) >= 11 is 0. The Balaban J connectivity index is 2.71. The predicted molar refractivity (Wildman–Crippen MR) is 79.3 cm³/mol. The number of pyridine rings is 1. The van der Waals surface area contributed by atoms with Crippen molar-refractivity contribution in [3.63, 3.8) is 0 Å². The molecule has 1 aromatic heterocycles. The maximum absolute atomic E-state index is 11.9. The van der Waals surface area contributed by atoms with E-state index in [9.17, 15) is 4.79 Å². The summed E-state index contributed by atoms with van der Waals surface area (Å²) in [5, 5.41) is 3.13. The third-order valence-corrected chi connectivity index (χ3v) is 3.21. The standard InChI is InChI=1S/C15H25N3O/c1-7-18(6)14(19)11(2)17-13-9-8-12(10-16-13)15(3,4)5/h8-11H,7H2,1-6H3,(H,16,17). The molecule has 4 heteroatoms. The fraction of sp³-hybridized carbons (Fsp3) is 0.600. The molecule has 4 nitrogen and oxygen atoms in total. The van der Waals surface area contributed by atoms with Crippen molar-refractivity contribution in [3.05, 3.63) is 23.9 Å². The minimum absolute atomic E-state index is 0.0733. The number of nitrogens with zero attached hydrogens (tertiary/aromatic N) is 2. The highest BCUT2D eigenvalue weighted by Crippen LogP contribution is 2.22. The fourth-order valence-corrected chi connectivity index (χ4v) is 1.69. The zero-order chi connectivity index (χ0) is 14.6. The van der Waals surface area contributed by atoms with E-state index in [1.807, 2.05) is 26.1 Å². The molecule has 0 saturated carbocycles. The molecular formula is C15H25N3O. The molecule has 0 aliphatic heterocycles. The third-order valence-electron chi connectivity index (χ3n) is 3.21. The van der Waals surface area contributed by atoms with Crippen LogP contribution in [0.4, 0.5) is 5.82 Å². The first-order chi connectivity index (χ1) is 8.75. The number of hydrogen-bond acceptors (Lipinski definition) is 3. The molecule has 0 aliphatic rings. The SMILES string of the molecule is CCN(C)C(=O)C(C)Nc1ccc(C(C)(C)C)cn1. The summed E-state index contributed by atoms with van der Waals surface area (Å²) in [5.41, 5.74) is 1.28. The number of anilines is 1. The Morgan fingerprint density at radius 2 is 2.05 bits per heavy atom. The Morgan fingerprint density at radius 3 is 2.47 bits per heavy atom. The normalized spacial score (nSPS) is 12.9. The number of nitrogens with one attached hydrogen (secondary N) is 1. The van der Waals surface area contributed by atoms with E-state index in [0.29, 0.717) is 6.54 Å². The molecule has 1 unspecified atom stereocenters. The maximum Gasteiger partial charge on any atom is 0.244 e. The molecule has 0 radical (unpaired) electrons. The van der Waals surface area contributed by atoms with Gasteiger partial charge in [0.25, 0.3) is 0 Å². The number of amides is 1. The Bertz CT molecular complexity index is 420. The smallest absolute Gasteiger partial charge is 0.244 e. The average molecular weight is 263 g/mol. The van der Waals surface area contributed by atoms with E-state index in [2.05, 4.69) is 37.1 Å². The van der Waals surface area contributed by atoms with Gasteiger partial charge in [0.05, 0.1) is 0 Å². The van der Waals surface area contributed by atoms with Gasteiger partial charge in [-0.05, 0) is 30.9 Å². The second-order valence-corrected chi connectivity index (χ2v) is 5.90. The van der Waals surface area contributed by atoms with E-state index in [0.717, 1.165) is 5.82 Å². The lowest BCUT2D eigenvalue weighted by Crippen LogP contribution is -2.39. The third kappa shape index (κ3) is 4.23. The van der Waals surface area contributed by atoms with Gasteiger partial charge < -0.3 is 10.2 Å². The van der Waals surface area contributed by atoms with Crippen LogP contribution < -0.4 is 5.32 Å². The van der Waals surface area contributed by atoms with Gasteiger partial charge in [-0.15, -0.1) is 0 Å². The van der Waals surface area contributed by atoms with Gasteiger partial charge in [0.15, 0.2) is 0 Å². The summed E-state index contributed by atoms with van der Waals surface area (Å²) in [6.07, 6.45) is 1.86. The number of likely N-dealkylation sites (N-methyl/N-ethyl adjacent to an activating group) is 1. The van der Waals surface area contributed by atoms with Crippen molar-refractivity contribution in [1.82, 2.24) is 9.88 Å². The number of carbonyl (C=O) groups excluding carboxylic acids is 1. The van der Waals surface area contributed by atoms with Gasteiger partial charge >= 0.3 is 0 Å². The summed E-state index contributed by atoms with van der Waals surface area (Å²) in [4.78, 5) is 18.0. The lowest BCUT2D eigenvalue weighted by molar-refractivity contribution is -0.130. The van der Waals surface area contributed by atoms with Crippen LogP contribution in [0.1, 0.15) is 40.2 Å². The molecule has 0 bridgehead atoms. The van der Waals surface area contributed by atoms with E-state index >= 15 is 0 Å². The van der Waals surface area contributed by atoms with Crippen LogP contribution in [0, 0.1) is 0 Å². The van der Waals surface area contributed by atoms with Crippen LogP contribution in [0.25, 0.3) is 0 Å². The van der Waals surface area contributed by atoms with Crippen molar-refractivity contribution in [2.45, 2.75) is 46.1 Å². The van der Waals surface area contributed by atoms with Gasteiger partial charge in [-0.25, -0.2) is 4.98 Å². The number of carbonyl (C=O) groups is 1. The van der Waals surface area contributed by atoms with E-state index in [1.54, 1.807) is 11.9 Å². The molecule has 0 saturated heterocycles. The molecule has 0 aromatic carbocycles. The van der Waals surface area contributed by atoms with Gasteiger partial charge in [0, 0.05) is 19.8 Å². The lowest BCUT2D eigenvalue weighted by atomic mass is 9.88. The second kappa shape index (κ2) is 6.04. The Hall–Kier alpha value is -1.58. The molecular weight excluding hydrogens is 238 g/mol. The Labute approximate surface area is 116 Å². The fourth-order valence-electron chi connectivity index (χ4n) is 1.69. The molecule has 1 atom stereocenters.